The molecule has 0 aromatic rings. The number of hydrogen-bond acceptors (Lipinski definition) is 6. The molecule has 13 heavy (non-hydrogen) atoms. The largest absolute Gasteiger partial charge is 1.00 e. The van der Waals surface area contributed by atoms with Crippen molar-refractivity contribution in [2.75, 3.05) is 12.8 Å². The van der Waals surface area contributed by atoms with Gasteiger partial charge in [-0.2, -0.15) is 0 Å². The molecule has 0 heterocycles. The quantitative estimate of drug-likeness (QED) is 0.345. The predicted octanol–water partition coefficient (Wildman–Crippen LogP) is -12.8. The van der Waals surface area contributed by atoms with Crippen molar-refractivity contribution < 1.29 is 80.8 Å². The van der Waals surface area contributed by atoms with E-state index < -0.39 is 26.4 Å². The summed E-state index contributed by atoms with van der Waals surface area (Å²) in [5.41, 5.74) is 0. The summed E-state index contributed by atoms with van der Waals surface area (Å²) in [6.07, 6.45) is -0.860. The summed E-state index contributed by atoms with van der Waals surface area (Å²) in [5.74, 6) is -1.45. The number of carboxylic acids is 1. The predicted molar refractivity (Wildman–Crippen MR) is 25.5 cm³/mol. The molecule has 0 aromatic heterocycles. The summed E-state index contributed by atoms with van der Waals surface area (Å²) >= 11 is 0. The Hall–Kier alpha value is 1.37. The molecule has 0 aliphatic heterocycles. The molecular formula is C3H5Li3NO5P. The minimum atomic E-state index is -4.62. The Labute approximate surface area is 112 Å². The monoisotopic (exact) mass is 187 g/mol. The van der Waals surface area contributed by atoms with E-state index in [9.17, 15) is 24.3 Å². The van der Waals surface area contributed by atoms with Crippen molar-refractivity contribution in [2.45, 2.75) is 0 Å². The molecule has 0 aliphatic carbocycles. The number of carboxylic acid groups (broad SMARTS) is 1. The van der Waals surface area contributed by atoms with Gasteiger partial charge in [0.1, 0.15) is 0 Å². The van der Waals surface area contributed by atoms with Gasteiger partial charge in [0.25, 0.3) is 0 Å². The van der Waals surface area contributed by atoms with Crippen LogP contribution >= 0.6 is 7.60 Å². The molecule has 0 bridgehead atoms. The van der Waals surface area contributed by atoms with Gasteiger partial charge in [-0.3, -0.25) is 0 Å². The van der Waals surface area contributed by atoms with Gasteiger partial charge >= 0.3 is 56.6 Å². The average molecular weight is 187 g/mol. The molecule has 0 aliphatic rings. The Kier molecular flexibility index (Phi) is 21.0. The number of carbonyl (C=O) groups excluding carboxylic acids is 1. The molecule has 10 heteroatoms. The maximum atomic E-state index is 9.81. The van der Waals surface area contributed by atoms with Crippen LogP contribution in [0.1, 0.15) is 0 Å². The third-order valence-corrected chi connectivity index (χ3v) is 1.19. The second-order valence-corrected chi connectivity index (χ2v) is 3.11. The molecule has 6 nitrogen and oxygen atoms in total. The van der Waals surface area contributed by atoms with Crippen LogP contribution in [-0.4, -0.2) is 18.8 Å². The fraction of sp³-hybridized carbons (Fsp3) is 0.667. The van der Waals surface area contributed by atoms with E-state index in [1.165, 1.54) is 0 Å². The Morgan fingerprint density at radius 2 is 1.62 bits per heavy atom. The summed E-state index contributed by atoms with van der Waals surface area (Å²) in [7, 11) is -4.62. The first-order valence-corrected chi connectivity index (χ1v) is 4.06. The average Bonchev–Trinajstić information content (AvgIpc) is 1.59. The van der Waals surface area contributed by atoms with Crippen LogP contribution in [0.5, 0.6) is 0 Å². The zero-order valence-electron chi connectivity index (χ0n) is 7.90. The van der Waals surface area contributed by atoms with E-state index in [1.54, 1.807) is 0 Å². The van der Waals surface area contributed by atoms with Gasteiger partial charge in [-0.25, -0.2) is 0 Å². The van der Waals surface area contributed by atoms with Crippen molar-refractivity contribution in [1.82, 2.24) is 5.32 Å². The van der Waals surface area contributed by atoms with E-state index in [0.717, 1.165) is 0 Å². The summed E-state index contributed by atoms with van der Waals surface area (Å²) in [5, 5.41) is 11.5. The van der Waals surface area contributed by atoms with Crippen LogP contribution in [0, 0.1) is 0 Å². The maximum absolute atomic E-state index is 9.81. The number of nitrogens with one attached hydrogen (secondary N) is 1. The zero-order valence-corrected chi connectivity index (χ0v) is 8.80. The van der Waals surface area contributed by atoms with Crippen LogP contribution in [0.25, 0.3) is 0 Å². The SMILES string of the molecule is O=C([O-])CNCP(=O)([O-])[O-].[Li+].[Li+].[Li+]. The topological polar surface area (TPSA) is 115 Å². The molecule has 0 atom stereocenters. The van der Waals surface area contributed by atoms with Gasteiger partial charge in [0.05, 0.1) is 5.97 Å². The van der Waals surface area contributed by atoms with Crippen molar-refractivity contribution in [3.05, 3.63) is 0 Å². The molecule has 0 saturated heterocycles. The fourth-order valence-corrected chi connectivity index (χ4v) is 0.681. The standard InChI is InChI=1S/C3H8NO5P.3Li/c5-3(6)1-4-2-10(7,8)9;;;/h4H,1-2H2,(H,5,6)(H2,7,8,9);;;/q;3*+1/p-3. The van der Waals surface area contributed by atoms with Crippen molar-refractivity contribution in [1.29, 1.82) is 0 Å². The minimum absolute atomic E-state index is 0. The molecule has 0 radical (unpaired) electrons. The third-order valence-electron chi connectivity index (χ3n) is 0.575. The Morgan fingerprint density at radius 1 is 1.23 bits per heavy atom. The second kappa shape index (κ2) is 11.4. The van der Waals surface area contributed by atoms with Crippen LogP contribution in [0.2, 0.25) is 0 Å². The van der Waals surface area contributed by atoms with Crippen LogP contribution in [0.15, 0.2) is 0 Å². The van der Waals surface area contributed by atoms with Gasteiger partial charge in [-0.1, -0.05) is 7.60 Å². The summed E-state index contributed by atoms with van der Waals surface area (Å²) < 4.78 is 9.81. The first-order valence-electron chi connectivity index (χ1n) is 2.33. The van der Waals surface area contributed by atoms with E-state index in [2.05, 4.69) is 0 Å². The number of aliphatic carboxylic acids is 1. The molecule has 0 aromatic carbocycles. The van der Waals surface area contributed by atoms with E-state index in [1.807, 2.05) is 5.32 Å². The number of rotatable bonds is 4. The molecular weight excluding hydrogens is 182 g/mol. The first kappa shape index (κ1) is 23.9. The van der Waals surface area contributed by atoms with Gasteiger partial charge in [-0.15, -0.1) is 0 Å². The Balaban J connectivity index is -0.000000135. The van der Waals surface area contributed by atoms with Crippen molar-refractivity contribution in [3.63, 3.8) is 0 Å². The summed E-state index contributed by atoms with van der Waals surface area (Å²) in [6, 6.07) is 0. The molecule has 0 rings (SSSR count). The van der Waals surface area contributed by atoms with Crippen LogP contribution in [-0.2, 0) is 9.36 Å². The summed E-state index contributed by atoms with van der Waals surface area (Å²) in [6.45, 7) is -0.630. The smallest absolute Gasteiger partial charge is 0.810 e. The molecule has 0 fully saturated rings. The zero-order chi connectivity index (χ0) is 8.20. The first-order chi connectivity index (χ1) is 4.42. The van der Waals surface area contributed by atoms with E-state index >= 15 is 0 Å². The molecule has 0 saturated carbocycles. The van der Waals surface area contributed by atoms with Gasteiger partial charge in [-0.05, 0) is 0 Å². The normalized spacial score (nSPS) is 8.77. The van der Waals surface area contributed by atoms with Crippen LogP contribution in [0.4, 0.5) is 0 Å². The molecule has 0 amide bonds. The van der Waals surface area contributed by atoms with Gasteiger partial charge in [0, 0.05) is 12.8 Å². The van der Waals surface area contributed by atoms with Gasteiger partial charge < -0.3 is 29.6 Å². The van der Waals surface area contributed by atoms with E-state index in [4.69, 9.17) is 0 Å². The van der Waals surface area contributed by atoms with Crippen LogP contribution in [0.3, 0.4) is 0 Å². The fourth-order valence-electron chi connectivity index (χ4n) is 0.295. The summed E-state index contributed by atoms with van der Waals surface area (Å²) in [4.78, 5) is 29.2. The Bertz CT molecular complexity index is 172. The Morgan fingerprint density at radius 3 is 1.85 bits per heavy atom. The minimum Gasteiger partial charge on any atom is -0.810 e. The van der Waals surface area contributed by atoms with E-state index in [0.29, 0.717) is 0 Å². The number of carbonyl (C=O) groups is 1. The molecule has 0 unspecified atom stereocenters. The maximum Gasteiger partial charge on any atom is 1.00 e. The van der Waals surface area contributed by atoms with Gasteiger partial charge in [0.15, 0.2) is 0 Å². The molecule has 0 spiro atoms. The second-order valence-electron chi connectivity index (χ2n) is 1.57. The van der Waals surface area contributed by atoms with Crippen molar-refractivity contribution in [2.24, 2.45) is 0 Å². The van der Waals surface area contributed by atoms with Crippen molar-refractivity contribution in [3.8, 4) is 0 Å². The molecule has 60 valence electrons. The third kappa shape index (κ3) is 24.7. The van der Waals surface area contributed by atoms with E-state index in [-0.39, 0.29) is 56.6 Å². The van der Waals surface area contributed by atoms with Crippen LogP contribution < -0.4 is 76.8 Å². The molecule has 1 N–H and O–H groups in total. The van der Waals surface area contributed by atoms with Gasteiger partial charge in [0.2, 0.25) is 0 Å². The number of hydrogen-bond donors (Lipinski definition) is 1. The van der Waals surface area contributed by atoms with Crippen molar-refractivity contribution >= 4 is 13.6 Å².